The second-order valence-electron chi connectivity index (χ2n) is 17.6. The SMILES string of the molecule is CC[C@@H]1C#CC[C@]1(NC(=O)[C@@H]1C[C@@H]2CN1C(=O)[C@H](C(C)(C)C)NC(=O)OCC(C)(C)CCCCc1cccc3c1CN(C3)C(=O)O2)C(=O)NS(=O)(=O)C1CC1. The molecule has 14 nitrogen and oxygen atoms in total. The molecule has 1 saturated heterocycles. The van der Waals surface area contributed by atoms with Gasteiger partial charge in [-0.15, -0.1) is 0 Å². The zero-order chi connectivity index (χ0) is 39.9. The zero-order valence-corrected chi connectivity index (χ0v) is 33.6. The molecule has 6 rings (SSSR count). The van der Waals surface area contributed by atoms with Crippen LogP contribution in [0.15, 0.2) is 18.2 Å². The maximum atomic E-state index is 14.6. The largest absolute Gasteiger partial charge is 0.449 e. The Kier molecular flexibility index (Phi) is 11.2. The van der Waals surface area contributed by atoms with E-state index >= 15 is 0 Å². The van der Waals surface area contributed by atoms with E-state index in [9.17, 15) is 32.4 Å². The minimum Gasteiger partial charge on any atom is -0.449 e. The van der Waals surface area contributed by atoms with E-state index in [2.05, 4.69) is 33.3 Å². The van der Waals surface area contributed by atoms with E-state index in [1.54, 1.807) is 32.6 Å². The Morgan fingerprint density at radius 3 is 2.49 bits per heavy atom. The standard InChI is InChI=1S/C40H55N5O9S/c1-7-27-15-11-19-40(27,35(48)43-55(51,52)29-16-17-29)42-33(46)31-20-28-22-45(31)34(47)32(38(2,3)4)41-36(49)53-24-39(5,6)18-9-8-12-25-13-10-14-26-21-44(23-30(25)26)37(50)54-28/h10,13-14,27-29,31-32H,7-9,12,16-24H2,1-6H3,(H,41,49)(H,42,46)(H,43,48)/t27-,28-,31+,32-,40-/m1/s1. The number of hydrogen-bond donors (Lipinski definition) is 3. The molecule has 1 saturated carbocycles. The molecule has 0 unspecified atom stereocenters. The Balaban J connectivity index is 1.31. The molecule has 2 aliphatic carbocycles. The van der Waals surface area contributed by atoms with Crippen LogP contribution in [0.4, 0.5) is 9.59 Å². The van der Waals surface area contributed by atoms with Gasteiger partial charge in [-0.25, -0.2) is 18.0 Å². The molecule has 0 aromatic heterocycles. The van der Waals surface area contributed by atoms with Gasteiger partial charge in [0.25, 0.3) is 5.91 Å². The molecule has 1 aromatic rings. The number of sulfonamides is 1. The van der Waals surface area contributed by atoms with Gasteiger partial charge in [0.1, 0.15) is 23.7 Å². The molecule has 15 heteroatoms. The normalized spacial score (nSPS) is 28.7. The summed E-state index contributed by atoms with van der Waals surface area (Å²) < 4.78 is 39.7. The van der Waals surface area contributed by atoms with Crippen LogP contribution in [0.2, 0.25) is 0 Å². The summed E-state index contributed by atoms with van der Waals surface area (Å²) in [6.45, 7) is 11.9. The van der Waals surface area contributed by atoms with Crippen molar-refractivity contribution in [2.45, 2.75) is 141 Å². The summed E-state index contributed by atoms with van der Waals surface area (Å²) in [6.07, 6.45) is 2.19. The summed E-state index contributed by atoms with van der Waals surface area (Å²) >= 11 is 0. The van der Waals surface area contributed by atoms with Gasteiger partial charge < -0.3 is 25.0 Å². The third kappa shape index (κ3) is 8.74. The fourth-order valence-electron chi connectivity index (χ4n) is 8.10. The molecule has 55 heavy (non-hydrogen) atoms. The molecule has 2 fully saturated rings. The molecule has 1 aromatic carbocycles. The summed E-state index contributed by atoms with van der Waals surface area (Å²) in [4.78, 5) is 72.9. The third-order valence-corrected chi connectivity index (χ3v) is 13.4. The Morgan fingerprint density at radius 1 is 1.07 bits per heavy atom. The van der Waals surface area contributed by atoms with Crippen molar-refractivity contribution in [3.63, 3.8) is 0 Å². The lowest BCUT2D eigenvalue weighted by molar-refractivity contribution is -0.144. The van der Waals surface area contributed by atoms with Crippen LogP contribution in [-0.4, -0.2) is 90.3 Å². The minimum absolute atomic E-state index is 0.0967. The van der Waals surface area contributed by atoms with Gasteiger partial charge in [0.2, 0.25) is 21.8 Å². The first-order valence-electron chi connectivity index (χ1n) is 19.5. The fraction of sp³-hybridized carbons (Fsp3) is 0.675. The van der Waals surface area contributed by atoms with Crippen molar-refractivity contribution < 1.29 is 41.9 Å². The number of hydrogen-bond acceptors (Lipinski definition) is 9. The van der Waals surface area contributed by atoms with Crippen molar-refractivity contribution in [3.05, 3.63) is 34.9 Å². The third-order valence-electron chi connectivity index (χ3n) is 11.6. The van der Waals surface area contributed by atoms with Crippen LogP contribution in [0.25, 0.3) is 0 Å². The average Bonchev–Trinajstić information content (AvgIpc) is 3.56. The van der Waals surface area contributed by atoms with E-state index in [1.165, 1.54) is 10.5 Å². The molecular formula is C40H55N5O9S. The number of aryl methyl sites for hydroxylation is 1. The van der Waals surface area contributed by atoms with Crippen molar-refractivity contribution in [2.75, 3.05) is 13.2 Å². The second-order valence-corrected chi connectivity index (χ2v) is 19.6. The predicted octanol–water partition coefficient (Wildman–Crippen LogP) is 3.90. The zero-order valence-electron chi connectivity index (χ0n) is 32.8. The maximum absolute atomic E-state index is 14.6. The van der Waals surface area contributed by atoms with Crippen LogP contribution in [0.5, 0.6) is 0 Å². The summed E-state index contributed by atoms with van der Waals surface area (Å²) in [5.41, 5.74) is 0.398. The molecule has 5 atom stereocenters. The Hall–Kier alpha value is -4.32. The van der Waals surface area contributed by atoms with Crippen LogP contribution in [0.1, 0.15) is 110 Å². The van der Waals surface area contributed by atoms with Crippen LogP contribution in [-0.2, 0) is 53.4 Å². The molecule has 5 amide bonds. The topological polar surface area (TPSA) is 181 Å². The molecule has 3 heterocycles. The highest BCUT2D eigenvalue weighted by molar-refractivity contribution is 7.91. The number of alkyl carbamates (subject to hydrolysis) is 1. The molecule has 4 bridgehead atoms. The number of carbonyl (C=O) groups excluding carboxylic acids is 5. The highest BCUT2D eigenvalue weighted by atomic mass is 32.2. The van der Waals surface area contributed by atoms with E-state index in [0.717, 1.165) is 36.8 Å². The summed E-state index contributed by atoms with van der Waals surface area (Å²) in [7, 11) is -3.96. The molecule has 3 N–H and O–H groups in total. The van der Waals surface area contributed by atoms with Crippen LogP contribution in [0, 0.1) is 28.6 Å². The van der Waals surface area contributed by atoms with E-state index in [-0.39, 0.29) is 31.4 Å². The van der Waals surface area contributed by atoms with Crippen LogP contribution >= 0.6 is 0 Å². The average molecular weight is 782 g/mol. The number of carbonyl (C=O) groups is 5. The number of cyclic esters (lactones) is 1. The quantitative estimate of drug-likeness (QED) is 0.361. The maximum Gasteiger partial charge on any atom is 0.410 e. The predicted molar refractivity (Wildman–Crippen MR) is 202 cm³/mol. The highest BCUT2D eigenvalue weighted by Gasteiger charge is 2.53. The van der Waals surface area contributed by atoms with E-state index in [1.807, 2.05) is 26.0 Å². The molecule has 3 aliphatic heterocycles. The first kappa shape index (κ1) is 40.3. The molecule has 300 valence electrons. The minimum atomic E-state index is -3.96. The van der Waals surface area contributed by atoms with Gasteiger partial charge in [-0.3, -0.25) is 24.0 Å². The first-order valence-corrected chi connectivity index (χ1v) is 21.0. The van der Waals surface area contributed by atoms with E-state index in [0.29, 0.717) is 32.4 Å². The lowest BCUT2D eigenvalue weighted by Gasteiger charge is -2.37. The van der Waals surface area contributed by atoms with Crippen LogP contribution < -0.4 is 15.4 Å². The molecule has 0 radical (unpaired) electrons. The van der Waals surface area contributed by atoms with E-state index < -0.39 is 80.2 Å². The summed E-state index contributed by atoms with van der Waals surface area (Å²) in [5.74, 6) is 2.93. The van der Waals surface area contributed by atoms with Crippen LogP contribution in [0.3, 0.4) is 0 Å². The number of rotatable bonds is 6. The van der Waals surface area contributed by atoms with Gasteiger partial charge in [0.15, 0.2) is 0 Å². The summed E-state index contributed by atoms with van der Waals surface area (Å²) in [6, 6.07) is 3.69. The number of ether oxygens (including phenoxy) is 2. The van der Waals surface area contributed by atoms with Crippen molar-refractivity contribution in [3.8, 4) is 11.8 Å². The monoisotopic (exact) mass is 781 g/mol. The van der Waals surface area contributed by atoms with Gasteiger partial charge >= 0.3 is 12.2 Å². The Bertz CT molecular complexity index is 1890. The fourth-order valence-corrected chi connectivity index (χ4v) is 9.46. The molecule has 0 spiro atoms. The number of amides is 5. The van der Waals surface area contributed by atoms with Crippen molar-refractivity contribution in [1.82, 2.24) is 25.2 Å². The smallest absolute Gasteiger partial charge is 0.410 e. The van der Waals surface area contributed by atoms with E-state index in [4.69, 9.17) is 9.47 Å². The Labute approximate surface area is 324 Å². The molecule has 5 aliphatic rings. The van der Waals surface area contributed by atoms with Gasteiger partial charge in [0, 0.05) is 25.9 Å². The van der Waals surface area contributed by atoms with Gasteiger partial charge in [0.05, 0.1) is 24.3 Å². The first-order chi connectivity index (χ1) is 25.8. The summed E-state index contributed by atoms with van der Waals surface area (Å²) in [5, 5.41) is 4.90. The van der Waals surface area contributed by atoms with Crippen molar-refractivity contribution >= 4 is 39.9 Å². The molecular weight excluding hydrogens is 727 g/mol. The van der Waals surface area contributed by atoms with Crippen molar-refractivity contribution in [1.29, 1.82) is 0 Å². The number of nitrogens with zero attached hydrogens (tertiary/aromatic N) is 2. The lowest BCUT2D eigenvalue weighted by atomic mass is 9.82. The van der Waals surface area contributed by atoms with Crippen molar-refractivity contribution in [2.24, 2.45) is 16.7 Å². The van der Waals surface area contributed by atoms with Gasteiger partial charge in [-0.1, -0.05) is 78.0 Å². The van der Waals surface area contributed by atoms with Gasteiger partial charge in [-0.2, -0.15) is 0 Å². The van der Waals surface area contributed by atoms with Gasteiger partial charge in [-0.05, 0) is 66.0 Å². The number of benzene rings is 1. The Morgan fingerprint density at radius 2 is 1.80 bits per heavy atom. The second kappa shape index (κ2) is 15.3. The number of nitrogens with one attached hydrogen (secondary N) is 3. The highest BCUT2D eigenvalue weighted by Crippen LogP contribution is 2.35. The lowest BCUT2D eigenvalue weighted by Crippen LogP contribution is -2.65. The number of fused-ring (bicyclic) bond motifs is 3.